The third-order valence-electron chi connectivity index (χ3n) is 2.80. The molecule has 0 bridgehead atoms. The molecule has 3 N–H and O–H groups in total. The predicted octanol–water partition coefficient (Wildman–Crippen LogP) is 2.65. The number of rotatable bonds is 4. The molecule has 0 atom stereocenters. The molecule has 0 radical (unpaired) electrons. The molecule has 124 valence electrons. The number of hydrogen-bond donors (Lipinski definition) is 3. The van der Waals surface area contributed by atoms with Gasteiger partial charge in [0.25, 0.3) is 0 Å². The van der Waals surface area contributed by atoms with Crippen molar-refractivity contribution < 1.29 is 19.4 Å². The van der Waals surface area contributed by atoms with Crippen molar-refractivity contribution in [3.63, 3.8) is 0 Å². The minimum atomic E-state index is -1.04. The normalized spacial score (nSPS) is 11.1. The van der Waals surface area contributed by atoms with Crippen LogP contribution < -0.4 is 15.4 Å². The van der Waals surface area contributed by atoms with Crippen molar-refractivity contribution in [2.24, 2.45) is 5.41 Å². The summed E-state index contributed by atoms with van der Waals surface area (Å²) in [4.78, 5) is 22.5. The van der Waals surface area contributed by atoms with Gasteiger partial charge in [-0.25, -0.2) is 4.79 Å². The van der Waals surface area contributed by atoms with Crippen LogP contribution >= 0.6 is 12.2 Å². The first-order chi connectivity index (χ1) is 10.6. The lowest BCUT2D eigenvalue weighted by Gasteiger charge is -2.19. The number of thiocarbonyl (C=S) groups is 1. The molecule has 0 aliphatic rings. The van der Waals surface area contributed by atoms with Gasteiger partial charge in [-0.3, -0.25) is 4.79 Å². The molecule has 0 aliphatic heterocycles. The minimum absolute atomic E-state index is 0.141. The Morgan fingerprint density at radius 3 is 2.48 bits per heavy atom. The Bertz CT molecular complexity index is 648. The Balaban J connectivity index is 2.93. The van der Waals surface area contributed by atoms with Crippen LogP contribution in [-0.2, 0) is 9.59 Å². The zero-order chi connectivity index (χ0) is 17.6. The molecule has 0 saturated heterocycles. The van der Waals surface area contributed by atoms with Crippen LogP contribution in [-0.4, -0.2) is 29.2 Å². The highest BCUT2D eigenvalue weighted by Gasteiger charge is 2.22. The maximum atomic E-state index is 11.9. The maximum absolute atomic E-state index is 11.9. The molecule has 0 heterocycles. The first kappa shape index (κ1) is 18.6. The molecule has 0 fully saturated rings. The van der Waals surface area contributed by atoms with Crippen molar-refractivity contribution in [3.8, 4) is 5.75 Å². The largest absolute Gasteiger partial charge is 0.495 e. The Kier molecular flexibility index (Phi) is 6.27. The average Bonchev–Trinajstić information content (AvgIpc) is 2.44. The second-order valence-electron chi connectivity index (χ2n) is 5.79. The second-order valence-corrected chi connectivity index (χ2v) is 6.20. The average molecular weight is 336 g/mol. The summed E-state index contributed by atoms with van der Waals surface area (Å²) in [5.74, 6) is -0.732. The molecule has 0 unspecified atom stereocenters. The maximum Gasteiger partial charge on any atom is 0.328 e. The fourth-order valence-corrected chi connectivity index (χ4v) is 1.74. The number of carboxylic acid groups (broad SMARTS) is 1. The van der Waals surface area contributed by atoms with Gasteiger partial charge in [0.15, 0.2) is 5.11 Å². The first-order valence-corrected chi connectivity index (χ1v) is 7.26. The molecular formula is C16H20N2O4S. The number of hydrogen-bond acceptors (Lipinski definition) is 4. The van der Waals surface area contributed by atoms with E-state index in [0.29, 0.717) is 17.0 Å². The van der Waals surface area contributed by atoms with Crippen LogP contribution in [0.15, 0.2) is 24.3 Å². The van der Waals surface area contributed by atoms with E-state index in [0.717, 1.165) is 6.08 Å². The van der Waals surface area contributed by atoms with Crippen molar-refractivity contribution in [1.29, 1.82) is 0 Å². The van der Waals surface area contributed by atoms with Gasteiger partial charge in [-0.05, 0) is 36.0 Å². The van der Waals surface area contributed by atoms with E-state index < -0.39 is 11.4 Å². The van der Waals surface area contributed by atoms with E-state index in [4.69, 9.17) is 22.1 Å². The zero-order valence-electron chi connectivity index (χ0n) is 13.5. The van der Waals surface area contributed by atoms with Gasteiger partial charge in [0.2, 0.25) is 5.91 Å². The van der Waals surface area contributed by atoms with Crippen molar-refractivity contribution in [2.75, 3.05) is 12.4 Å². The highest BCUT2D eigenvalue weighted by molar-refractivity contribution is 7.80. The summed E-state index contributed by atoms with van der Waals surface area (Å²) in [6.45, 7) is 5.34. The summed E-state index contributed by atoms with van der Waals surface area (Å²) in [5.41, 5.74) is 0.613. The number of ether oxygens (including phenoxy) is 1. The van der Waals surface area contributed by atoms with Crippen LogP contribution in [0, 0.1) is 5.41 Å². The van der Waals surface area contributed by atoms with Crippen LogP contribution in [0.5, 0.6) is 5.75 Å². The smallest absolute Gasteiger partial charge is 0.328 e. The number of carboxylic acids is 1. The van der Waals surface area contributed by atoms with E-state index in [1.807, 2.05) is 0 Å². The monoisotopic (exact) mass is 336 g/mol. The summed E-state index contributed by atoms with van der Waals surface area (Å²) in [5, 5.41) is 14.3. The zero-order valence-corrected chi connectivity index (χ0v) is 14.3. The van der Waals surface area contributed by atoms with Crippen molar-refractivity contribution in [3.05, 3.63) is 29.8 Å². The van der Waals surface area contributed by atoms with Crippen LogP contribution in [0.1, 0.15) is 26.3 Å². The van der Waals surface area contributed by atoms with Gasteiger partial charge in [0.1, 0.15) is 5.75 Å². The molecule has 7 heteroatoms. The summed E-state index contributed by atoms with van der Waals surface area (Å²) >= 11 is 5.13. The molecule has 6 nitrogen and oxygen atoms in total. The van der Waals surface area contributed by atoms with Gasteiger partial charge >= 0.3 is 5.97 Å². The molecule has 1 amide bonds. The number of carbonyl (C=O) groups is 2. The van der Waals surface area contributed by atoms with Gasteiger partial charge in [-0.15, -0.1) is 0 Å². The molecule has 1 rings (SSSR count). The predicted molar refractivity (Wildman–Crippen MR) is 93.5 cm³/mol. The molecular weight excluding hydrogens is 316 g/mol. The molecule has 23 heavy (non-hydrogen) atoms. The Morgan fingerprint density at radius 2 is 1.96 bits per heavy atom. The molecule has 0 spiro atoms. The van der Waals surface area contributed by atoms with E-state index in [2.05, 4.69) is 10.6 Å². The van der Waals surface area contributed by atoms with Crippen LogP contribution in [0.2, 0.25) is 0 Å². The van der Waals surface area contributed by atoms with E-state index >= 15 is 0 Å². The molecule has 1 aromatic rings. The lowest BCUT2D eigenvalue weighted by atomic mass is 9.96. The van der Waals surface area contributed by atoms with Crippen molar-refractivity contribution in [1.82, 2.24) is 5.32 Å². The Hall–Kier alpha value is -2.41. The standard InChI is InChI=1S/C16H20N2O4S/c1-16(2,3)14(21)18-15(23)17-11-9-10(6-8-13(19)20)5-7-12(11)22-4/h5-9H,1-4H3,(H,19,20)(H2,17,18,21,23)/b8-6+. The number of amides is 1. The van der Waals surface area contributed by atoms with Gasteiger partial charge < -0.3 is 20.5 Å². The van der Waals surface area contributed by atoms with Crippen LogP contribution in [0.3, 0.4) is 0 Å². The van der Waals surface area contributed by atoms with Gasteiger partial charge in [-0.2, -0.15) is 0 Å². The number of methoxy groups -OCH3 is 1. The Morgan fingerprint density at radius 1 is 1.30 bits per heavy atom. The van der Waals surface area contributed by atoms with Gasteiger partial charge in [0, 0.05) is 11.5 Å². The fourth-order valence-electron chi connectivity index (χ4n) is 1.54. The summed E-state index contributed by atoms with van der Waals surface area (Å²) < 4.78 is 5.22. The van der Waals surface area contributed by atoms with Gasteiger partial charge in [-0.1, -0.05) is 26.8 Å². The van der Waals surface area contributed by atoms with Gasteiger partial charge in [0.05, 0.1) is 12.8 Å². The van der Waals surface area contributed by atoms with E-state index in [-0.39, 0.29) is 11.0 Å². The Labute approximate surface area is 140 Å². The summed E-state index contributed by atoms with van der Waals surface area (Å²) in [6, 6.07) is 5.06. The number of aliphatic carboxylic acids is 1. The highest BCUT2D eigenvalue weighted by Crippen LogP contribution is 2.26. The molecule has 1 aromatic carbocycles. The lowest BCUT2D eigenvalue weighted by molar-refractivity contribution is -0.131. The van der Waals surface area contributed by atoms with Crippen LogP contribution in [0.25, 0.3) is 6.08 Å². The fraction of sp³-hybridized carbons (Fsp3) is 0.312. The minimum Gasteiger partial charge on any atom is -0.495 e. The molecule has 0 saturated carbocycles. The van der Waals surface area contributed by atoms with E-state index in [1.165, 1.54) is 13.2 Å². The molecule has 0 aromatic heterocycles. The third kappa shape index (κ3) is 6.07. The molecule has 0 aliphatic carbocycles. The number of benzene rings is 1. The summed E-state index contributed by atoms with van der Waals surface area (Å²) in [7, 11) is 1.50. The summed E-state index contributed by atoms with van der Waals surface area (Å²) in [6.07, 6.45) is 2.48. The third-order valence-corrected chi connectivity index (χ3v) is 3.00. The van der Waals surface area contributed by atoms with Crippen molar-refractivity contribution in [2.45, 2.75) is 20.8 Å². The SMILES string of the molecule is COc1ccc(/C=C/C(=O)O)cc1NC(=S)NC(=O)C(C)(C)C. The van der Waals surface area contributed by atoms with E-state index in [1.54, 1.807) is 39.0 Å². The van der Waals surface area contributed by atoms with E-state index in [9.17, 15) is 9.59 Å². The second kappa shape index (κ2) is 7.73. The highest BCUT2D eigenvalue weighted by atomic mass is 32.1. The number of anilines is 1. The van der Waals surface area contributed by atoms with Crippen LogP contribution in [0.4, 0.5) is 5.69 Å². The lowest BCUT2D eigenvalue weighted by Crippen LogP contribution is -2.41. The quantitative estimate of drug-likeness (QED) is 0.579. The van der Waals surface area contributed by atoms with Crippen molar-refractivity contribution >= 4 is 41.0 Å². The number of nitrogens with one attached hydrogen (secondary N) is 2. The first-order valence-electron chi connectivity index (χ1n) is 6.85. The number of carbonyl (C=O) groups excluding carboxylic acids is 1. The topological polar surface area (TPSA) is 87.7 Å².